The van der Waals surface area contributed by atoms with Crippen molar-refractivity contribution in [1.82, 2.24) is 9.97 Å². The fraction of sp³-hybridized carbons (Fsp3) is 0.0417. The maximum absolute atomic E-state index is 12.7. The quantitative estimate of drug-likeness (QED) is 0.433. The van der Waals surface area contributed by atoms with Gasteiger partial charge in [-0.2, -0.15) is 0 Å². The topological polar surface area (TPSA) is 89.0 Å². The Morgan fingerprint density at radius 1 is 0.875 bits per heavy atom. The lowest BCUT2D eigenvalue weighted by Gasteiger charge is -2.10. The van der Waals surface area contributed by atoms with Gasteiger partial charge in [0.2, 0.25) is 0 Å². The van der Waals surface area contributed by atoms with E-state index in [-0.39, 0.29) is 16.7 Å². The predicted molar refractivity (Wildman–Crippen MR) is 124 cm³/mol. The standard InChI is InChI=1S/C24H18ClN3O3S/c25-21-12-11-19(15-20(21)22-5-1-3-13-26-22)28-24(29)18-9-7-17(8-10-18)16-32(30,31)23-6-2-4-14-27-23/h1-15H,16H2,(H,28,29). The number of hydrogen-bond acceptors (Lipinski definition) is 5. The van der Waals surface area contributed by atoms with E-state index in [4.69, 9.17) is 11.6 Å². The molecule has 4 rings (SSSR count). The van der Waals surface area contributed by atoms with Crippen LogP contribution in [0.4, 0.5) is 5.69 Å². The summed E-state index contributed by atoms with van der Waals surface area (Å²) in [6.07, 6.45) is 3.11. The summed E-state index contributed by atoms with van der Waals surface area (Å²) in [6, 6.07) is 21.9. The molecule has 160 valence electrons. The highest BCUT2D eigenvalue weighted by molar-refractivity contribution is 7.90. The van der Waals surface area contributed by atoms with Crippen LogP contribution in [0.3, 0.4) is 0 Å². The van der Waals surface area contributed by atoms with Crippen molar-refractivity contribution in [2.24, 2.45) is 0 Å². The molecule has 32 heavy (non-hydrogen) atoms. The third-order valence-corrected chi connectivity index (χ3v) is 6.62. The number of benzene rings is 2. The summed E-state index contributed by atoms with van der Waals surface area (Å²) in [6.45, 7) is 0. The number of rotatable bonds is 6. The third kappa shape index (κ3) is 5.01. The van der Waals surface area contributed by atoms with Gasteiger partial charge in [-0.15, -0.1) is 0 Å². The first-order valence-corrected chi connectivity index (χ1v) is 11.7. The maximum Gasteiger partial charge on any atom is 0.255 e. The Hall–Kier alpha value is -3.55. The van der Waals surface area contributed by atoms with E-state index < -0.39 is 9.84 Å². The van der Waals surface area contributed by atoms with Crippen LogP contribution in [0.15, 0.2) is 96.3 Å². The molecule has 1 N–H and O–H groups in total. The highest BCUT2D eigenvalue weighted by Gasteiger charge is 2.17. The monoisotopic (exact) mass is 463 g/mol. The van der Waals surface area contributed by atoms with Gasteiger partial charge in [0.1, 0.15) is 0 Å². The summed E-state index contributed by atoms with van der Waals surface area (Å²) in [7, 11) is -3.56. The van der Waals surface area contributed by atoms with E-state index in [0.29, 0.717) is 33.1 Å². The van der Waals surface area contributed by atoms with Crippen molar-refractivity contribution in [2.45, 2.75) is 10.8 Å². The van der Waals surface area contributed by atoms with Gasteiger partial charge in [0, 0.05) is 29.2 Å². The highest BCUT2D eigenvalue weighted by atomic mass is 35.5. The summed E-state index contributed by atoms with van der Waals surface area (Å²) in [4.78, 5) is 20.9. The smallest absolute Gasteiger partial charge is 0.255 e. The van der Waals surface area contributed by atoms with Crippen molar-refractivity contribution in [3.05, 3.63) is 107 Å². The second kappa shape index (κ2) is 9.30. The Balaban J connectivity index is 1.48. The molecule has 0 atom stereocenters. The lowest BCUT2D eigenvalue weighted by Crippen LogP contribution is -2.12. The number of aromatic nitrogens is 2. The van der Waals surface area contributed by atoms with Crippen LogP contribution in [-0.4, -0.2) is 24.3 Å². The summed E-state index contributed by atoms with van der Waals surface area (Å²) in [5.74, 6) is -0.519. The van der Waals surface area contributed by atoms with Crippen LogP contribution in [-0.2, 0) is 15.6 Å². The van der Waals surface area contributed by atoms with Crippen molar-refractivity contribution in [3.8, 4) is 11.3 Å². The van der Waals surface area contributed by atoms with Gasteiger partial charge in [0.15, 0.2) is 14.9 Å². The fourth-order valence-electron chi connectivity index (χ4n) is 3.10. The lowest BCUT2D eigenvalue weighted by atomic mass is 10.1. The molecule has 8 heteroatoms. The molecule has 0 unspecified atom stereocenters. The molecule has 0 saturated carbocycles. The molecule has 4 aromatic rings. The number of nitrogens with zero attached hydrogens (tertiary/aromatic N) is 2. The Morgan fingerprint density at radius 3 is 2.25 bits per heavy atom. The Kier molecular flexibility index (Phi) is 6.30. The number of pyridine rings is 2. The van der Waals surface area contributed by atoms with Crippen molar-refractivity contribution in [1.29, 1.82) is 0 Å². The molecule has 0 fully saturated rings. The molecule has 0 saturated heterocycles. The first kappa shape index (κ1) is 21.7. The van der Waals surface area contributed by atoms with Crippen LogP contribution >= 0.6 is 11.6 Å². The number of hydrogen-bond donors (Lipinski definition) is 1. The van der Waals surface area contributed by atoms with Gasteiger partial charge >= 0.3 is 0 Å². The second-order valence-corrected chi connectivity index (χ2v) is 9.33. The molecular weight excluding hydrogens is 446 g/mol. The van der Waals surface area contributed by atoms with E-state index in [0.717, 1.165) is 0 Å². The highest BCUT2D eigenvalue weighted by Crippen LogP contribution is 2.29. The zero-order chi connectivity index (χ0) is 22.6. The molecule has 2 aromatic carbocycles. The number of carbonyl (C=O) groups is 1. The minimum atomic E-state index is -3.56. The normalized spacial score (nSPS) is 11.2. The lowest BCUT2D eigenvalue weighted by molar-refractivity contribution is 0.102. The summed E-state index contributed by atoms with van der Waals surface area (Å²) >= 11 is 6.29. The molecule has 2 heterocycles. The average Bonchev–Trinajstić information content (AvgIpc) is 2.81. The van der Waals surface area contributed by atoms with E-state index in [1.54, 1.807) is 60.8 Å². The maximum atomic E-state index is 12.7. The van der Waals surface area contributed by atoms with Crippen molar-refractivity contribution in [3.63, 3.8) is 0 Å². The molecule has 0 spiro atoms. The zero-order valence-electron chi connectivity index (χ0n) is 16.8. The fourth-order valence-corrected chi connectivity index (χ4v) is 4.60. The number of anilines is 1. The van der Waals surface area contributed by atoms with Crippen molar-refractivity contribution in [2.75, 3.05) is 5.32 Å². The second-order valence-electron chi connectivity index (χ2n) is 6.99. The first-order valence-electron chi connectivity index (χ1n) is 9.67. The van der Waals surface area contributed by atoms with Crippen LogP contribution in [0.1, 0.15) is 15.9 Å². The Bertz CT molecular complexity index is 1340. The minimum absolute atomic E-state index is 0.0215. The van der Waals surface area contributed by atoms with Crippen molar-refractivity contribution >= 4 is 33.0 Å². The van der Waals surface area contributed by atoms with E-state index >= 15 is 0 Å². The largest absolute Gasteiger partial charge is 0.322 e. The molecule has 6 nitrogen and oxygen atoms in total. The van der Waals surface area contributed by atoms with Crippen molar-refractivity contribution < 1.29 is 13.2 Å². The number of carbonyl (C=O) groups excluding carboxylic acids is 1. The Labute approximate surface area is 190 Å². The third-order valence-electron chi connectivity index (χ3n) is 4.69. The molecule has 0 bridgehead atoms. The zero-order valence-corrected chi connectivity index (χ0v) is 18.3. The number of nitrogens with one attached hydrogen (secondary N) is 1. The van der Waals surface area contributed by atoms with Gasteiger partial charge in [-0.1, -0.05) is 35.9 Å². The summed E-state index contributed by atoms with van der Waals surface area (Å²) < 4.78 is 25.0. The molecule has 1 amide bonds. The van der Waals surface area contributed by atoms with Gasteiger partial charge in [-0.25, -0.2) is 13.4 Å². The van der Waals surface area contributed by atoms with E-state index in [9.17, 15) is 13.2 Å². The van der Waals surface area contributed by atoms with Crippen LogP contribution in [0.25, 0.3) is 11.3 Å². The average molecular weight is 464 g/mol. The molecule has 0 aliphatic heterocycles. The van der Waals surface area contributed by atoms with Gasteiger partial charge < -0.3 is 5.32 Å². The molecule has 2 aromatic heterocycles. The van der Waals surface area contributed by atoms with Crippen LogP contribution in [0.5, 0.6) is 0 Å². The molecule has 0 radical (unpaired) electrons. The Morgan fingerprint density at radius 2 is 1.59 bits per heavy atom. The number of sulfone groups is 1. The predicted octanol–water partition coefficient (Wildman–Crippen LogP) is 5.02. The first-order chi connectivity index (χ1) is 15.4. The van der Waals surface area contributed by atoms with Crippen LogP contribution < -0.4 is 5.32 Å². The number of halogens is 1. The number of amides is 1. The molecule has 0 aliphatic rings. The minimum Gasteiger partial charge on any atom is -0.322 e. The van der Waals surface area contributed by atoms with Crippen LogP contribution in [0, 0.1) is 0 Å². The van der Waals surface area contributed by atoms with Gasteiger partial charge in [-0.05, 0) is 60.2 Å². The van der Waals surface area contributed by atoms with E-state index in [1.165, 1.54) is 12.3 Å². The molecule has 0 aliphatic carbocycles. The van der Waals surface area contributed by atoms with E-state index in [1.807, 2.05) is 18.2 Å². The summed E-state index contributed by atoms with van der Waals surface area (Å²) in [5.41, 5.74) is 2.95. The summed E-state index contributed by atoms with van der Waals surface area (Å²) in [5, 5.41) is 3.39. The van der Waals surface area contributed by atoms with Gasteiger partial charge in [0.25, 0.3) is 5.91 Å². The SMILES string of the molecule is O=C(Nc1ccc(Cl)c(-c2ccccn2)c1)c1ccc(CS(=O)(=O)c2ccccn2)cc1. The molecular formula is C24H18ClN3O3S. The van der Waals surface area contributed by atoms with Gasteiger partial charge in [0.05, 0.1) is 16.5 Å². The van der Waals surface area contributed by atoms with Gasteiger partial charge in [-0.3, -0.25) is 9.78 Å². The van der Waals surface area contributed by atoms with Crippen LogP contribution in [0.2, 0.25) is 5.02 Å². The van der Waals surface area contributed by atoms with E-state index in [2.05, 4.69) is 15.3 Å².